The zero-order chi connectivity index (χ0) is 11.6. The third-order valence-corrected chi connectivity index (χ3v) is 2.14. The van der Waals surface area contributed by atoms with Gasteiger partial charge in [-0.2, -0.15) is 0 Å². The third-order valence-electron chi connectivity index (χ3n) is 2.14. The lowest BCUT2D eigenvalue weighted by atomic mass is 10.0. The molecule has 0 radical (unpaired) electrons. The van der Waals surface area contributed by atoms with Crippen LogP contribution in [0.1, 0.15) is 17.2 Å². The number of carbonyl (C=O) groups is 1. The second kappa shape index (κ2) is 4.27. The van der Waals surface area contributed by atoms with E-state index >= 15 is 0 Å². The minimum absolute atomic E-state index is 0.0776. The number of carboxylic acids is 1. The largest absolute Gasteiger partial charge is 0.494 e. The first kappa shape index (κ1) is 11.5. The van der Waals surface area contributed by atoms with Crippen LogP contribution in [0.2, 0.25) is 0 Å². The van der Waals surface area contributed by atoms with Gasteiger partial charge in [0.2, 0.25) is 0 Å². The minimum atomic E-state index is -1.22. The lowest BCUT2D eigenvalue weighted by molar-refractivity contribution is -0.138. The summed E-state index contributed by atoms with van der Waals surface area (Å²) in [5.74, 6) is -1.73. The van der Waals surface area contributed by atoms with Crippen LogP contribution in [-0.2, 0) is 4.79 Å². The van der Waals surface area contributed by atoms with E-state index in [-0.39, 0.29) is 11.3 Å². The molecule has 0 spiro atoms. The van der Waals surface area contributed by atoms with Gasteiger partial charge < -0.3 is 15.6 Å². The first-order chi connectivity index (χ1) is 6.97. The summed E-state index contributed by atoms with van der Waals surface area (Å²) in [6.45, 7) is 1.65. The second-order valence-electron chi connectivity index (χ2n) is 3.16. The summed E-state index contributed by atoms with van der Waals surface area (Å²) in [5.41, 5.74) is 6.23. The van der Waals surface area contributed by atoms with E-state index in [9.17, 15) is 9.18 Å². The molecule has 0 saturated carbocycles. The molecule has 0 amide bonds. The number of methoxy groups -OCH3 is 1. The highest BCUT2D eigenvalue weighted by Gasteiger charge is 2.18. The maximum Gasteiger partial charge on any atom is 0.325 e. The molecule has 1 rings (SSSR count). The quantitative estimate of drug-likeness (QED) is 0.792. The summed E-state index contributed by atoms with van der Waals surface area (Å²) in [5, 5.41) is 8.70. The Labute approximate surface area is 86.5 Å². The SMILES string of the molecule is COc1cc(C)c(C(N)C(=O)O)cc1F. The van der Waals surface area contributed by atoms with Gasteiger partial charge in [0.1, 0.15) is 6.04 Å². The van der Waals surface area contributed by atoms with Gasteiger partial charge in [-0.3, -0.25) is 4.79 Å². The van der Waals surface area contributed by atoms with Gasteiger partial charge in [-0.25, -0.2) is 4.39 Å². The summed E-state index contributed by atoms with van der Waals surface area (Å²) in [4.78, 5) is 10.6. The summed E-state index contributed by atoms with van der Waals surface area (Å²) in [7, 11) is 1.34. The van der Waals surface area contributed by atoms with Crippen LogP contribution in [-0.4, -0.2) is 18.2 Å². The summed E-state index contributed by atoms with van der Waals surface area (Å²) < 4.78 is 18.0. The molecule has 0 bridgehead atoms. The molecule has 4 nitrogen and oxygen atoms in total. The molecule has 1 aromatic carbocycles. The van der Waals surface area contributed by atoms with Crippen molar-refractivity contribution in [3.05, 3.63) is 29.1 Å². The van der Waals surface area contributed by atoms with Crippen molar-refractivity contribution in [1.82, 2.24) is 0 Å². The molecule has 15 heavy (non-hydrogen) atoms. The van der Waals surface area contributed by atoms with Crippen LogP contribution < -0.4 is 10.5 Å². The molecule has 82 valence electrons. The van der Waals surface area contributed by atoms with E-state index in [2.05, 4.69) is 0 Å². The molecular formula is C10H12FNO3. The molecule has 0 heterocycles. The van der Waals surface area contributed by atoms with Gasteiger partial charge in [0.05, 0.1) is 7.11 Å². The number of hydrogen-bond acceptors (Lipinski definition) is 3. The van der Waals surface area contributed by atoms with E-state index < -0.39 is 17.8 Å². The van der Waals surface area contributed by atoms with E-state index in [4.69, 9.17) is 15.6 Å². The number of benzene rings is 1. The van der Waals surface area contributed by atoms with Crippen molar-refractivity contribution in [3.63, 3.8) is 0 Å². The Morgan fingerprint density at radius 1 is 1.60 bits per heavy atom. The molecule has 0 fully saturated rings. The van der Waals surface area contributed by atoms with Gasteiger partial charge in [0.15, 0.2) is 11.6 Å². The molecule has 1 atom stereocenters. The van der Waals surface area contributed by atoms with E-state index in [0.29, 0.717) is 5.56 Å². The van der Waals surface area contributed by atoms with Gasteiger partial charge >= 0.3 is 5.97 Å². The molecular weight excluding hydrogens is 201 g/mol. The molecule has 0 aliphatic carbocycles. The fraction of sp³-hybridized carbons (Fsp3) is 0.300. The predicted octanol–water partition coefficient (Wildman–Crippen LogP) is 1.23. The number of aryl methyl sites for hydroxylation is 1. The first-order valence-corrected chi connectivity index (χ1v) is 4.29. The predicted molar refractivity (Wildman–Crippen MR) is 52.3 cm³/mol. The monoisotopic (exact) mass is 213 g/mol. The van der Waals surface area contributed by atoms with E-state index in [1.54, 1.807) is 6.92 Å². The molecule has 0 saturated heterocycles. The number of nitrogens with two attached hydrogens (primary N) is 1. The topological polar surface area (TPSA) is 72.5 Å². The lowest BCUT2D eigenvalue weighted by Gasteiger charge is -2.12. The van der Waals surface area contributed by atoms with Crippen molar-refractivity contribution in [3.8, 4) is 5.75 Å². The molecule has 5 heteroatoms. The highest BCUT2D eigenvalue weighted by atomic mass is 19.1. The van der Waals surface area contributed by atoms with Crippen molar-refractivity contribution in [1.29, 1.82) is 0 Å². The van der Waals surface area contributed by atoms with Crippen LogP contribution in [0.3, 0.4) is 0 Å². The summed E-state index contributed by atoms with van der Waals surface area (Å²) in [6.07, 6.45) is 0. The highest BCUT2D eigenvalue weighted by Crippen LogP contribution is 2.25. The minimum Gasteiger partial charge on any atom is -0.494 e. The maximum absolute atomic E-state index is 13.3. The zero-order valence-electron chi connectivity index (χ0n) is 8.45. The van der Waals surface area contributed by atoms with Crippen LogP contribution in [0.15, 0.2) is 12.1 Å². The molecule has 1 aromatic rings. The van der Waals surface area contributed by atoms with E-state index in [0.717, 1.165) is 6.07 Å². The Morgan fingerprint density at radius 3 is 2.67 bits per heavy atom. The second-order valence-corrected chi connectivity index (χ2v) is 3.16. The number of aliphatic carboxylic acids is 1. The first-order valence-electron chi connectivity index (χ1n) is 4.29. The fourth-order valence-electron chi connectivity index (χ4n) is 1.29. The zero-order valence-corrected chi connectivity index (χ0v) is 8.45. The van der Waals surface area contributed by atoms with Crippen LogP contribution >= 0.6 is 0 Å². The highest BCUT2D eigenvalue weighted by molar-refractivity contribution is 5.75. The van der Waals surface area contributed by atoms with Crippen LogP contribution in [0.4, 0.5) is 4.39 Å². The van der Waals surface area contributed by atoms with Crippen molar-refractivity contribution in [2.45, 2.75) is 13.0 Å². The van der Waals surface area contributed by atoms with Crippen molar-refractivity contribution >= 4 is 5.97 Å². The number of hydrogen-bond donors (Lipinski definition) is 2. The molecule has 0 aliphatic rings. The molecule has 1 unspecified atom stereocenters. The van der Waals surface area contributed by atoms with Gasteiger partial charge in [-0.05, 0) is 30.2 Å². The fourth-order valence-corrected chi connectivity index (χ4v) is 1.29. The Balaban J connectivity index is 3.21. The maximum atomic E-state index is 13.3. The number of carboxylic acid groups (broad SMARTS) is 1. The molecule has 3 N–H and O–H groups in total. The normalized spacial score (nSPS) is 12.3. The number of rotatable bonds is 3. The summed E-state index contributed by atoms with van der Waals surface area (Å²) in [6, 6.07) is 1.30. The van der Waals surface area contributed by atoms with Gasteiger partial charge in [0, 0.05) is 0 Å². The Morgan fingerprint density at radius 2 is 2.20 bits per heavy atom. The van der Waals surface area contributed by atoms with Gasteiger partial charge in [-0.1, -0.05) is 0 Å². The Kier molecular flexibility index (Phi) is 3.26. The summed E-state index contributed by atoms with van der Waals surface area (Å²) >= 11 is 0. The van der Waals surface area contributed by atoms with Crippen molar-refractivity contribution < 1.29 is 19.0 Å². The van der Waals surface area contributed by atoms with Crippen molar-refractivity contribution in [2.24, 2.45) is 5.73 Å². The van der Waals surface area contributed by atoms with Crippen LogP contribution in [0.25, 0.3) is 0 Å². The third kappa shape index (κ3) is 2.24. The lowest BCUT2D eigenvalue weighted by Crippen LogP contribution is -2.21. The van der Waals surface area contributed by atoms with Gasteiger partial charge in [-0.15, -0.1) is 0 Å². The number of halogens is 1. The van der Waals surface area contributed by atoms with Crippen LogP contribution in [0, 0.1) is 12.7 Å². The number of ether oxygens (including phenoxy) is 1. The van der Waals surface area contributed by atoms with E-state index in [1.165, 1.54) is 13.2 Å². The van der Waals surface area contributed by atoms with Crippen LogP contribution in [0.5, 0.6) is 5.75 Å². The molecule has 0 aliphatic heterocycles. The van der Waals surface area contributed by atoms with Gasteiger partial charge in [0.25, 0.3) is 0 Å². The average Bonchev–Trinajstić information content (AvgIpc) is 2.19. The van der Waals surface area contributed by atoms with Crippen molar-refractivity contribution in [2.75, 3.05) is 7.11 Å². The Bertz CT molecular complexity index is 392. The smallest absolute Gasteiger partial charge is 0.325 e. The average molecular weight is 213 g/mol. The Hall–Kier alpha value is -1.62. The molecule has 0 aromatic heterocycles. The van der Waals surface area contributed by atoms with E-state index in [1.807, 2.05) is 0 Å². The standard InChI is InChI=1S/C10H12FNO3/c1-5-3-8(15-2)7(11)4-6(5)9(12)10(13)14/h3-4,9H,12H2,1-2H3,(H,13,14).